The van der Waals surface area contributed by atoms with Crippen molar-refractivity contribution < 1.29 is 9.59 Å². The third-order valence-corrected chi connectivity index (χ3v) is 5.56. The van der Waals surface area contributed by atoms with Crippen LogP contribution in [0.15, 0.2) is 70.3 Å². The minimum Gasteiger partial charge on any atom is -0.326 e. The van der Waals surface area contributed by atoms with Crippen LogP contribution in [0.1, 0.15) is 36.9 Å². The van der Waals surface area contributed by atoms with Crippen LogP contribution in [0.4, 0.5) is 5.69 Å². The number of anilines is 1. The second-order valence-corrected chi connectivity index (χ2v) is 8.04. The fourth-order valence-electron chi connectivity index (χ4n) is 3.77. The van der Waals surface area contributed by atoms with E-state index in [0.29, 0.717) is 11.4 Å². The van der Waals surface area contributed by atoms with Gasteiger partial charge < -0.3 is 5.32 Å². The lowest BCUT2D eigenvalue weighted by atomic mass is 9.96. The number of hydrazone groups is 1. The predicted octanol–water partition coefficient (Wildman–Crippen LogP) is 4.57. The van der Waals surface area contributed by atoms with Crippen LogP contribution in [0.2, 0.25) is 5.02 Å². The highest BCUT2D eigenvalue weighted by molar-refractivity contribution is 6.30. The summed E-state index contributed by atoms with van der Waals surface area (Å²) in [4.78, 5) is 28.8. The molecule has 7 heteroatoms. The summed E-state index contributed by atoms with van der Waals surface area (Å²) in [6.45, 7) is 2.21. The highest BCUT2D eigenvalue weighted by atomic mass is 35.5. The van der Waals surface area contributed by atoms with E-state index in [4.69, 9.17) is 16.7 Å². The molecule has 0 fully saturated rings. The number of dihydropyridines is 1. The van der Waals surface area contributed by atoms with Gasteiger partial charge in [0.1, 0.15) is 0 Å². The van der Waals surface area contributed by atoms with Crippen molar-refractivity contribution in [2.24, 2.45) is 10.1 Å². The molecule has 0 radical (unpaired) electrons. The summed E-state index contributed by atoms with van der Waals surface area (Å²) < 4.78 is 0. The average Bonchev–Trinajstić information content (AvgIpc) is 3.22. The van der Waals surface area contributed by atoms with Crippen LogP contribution in [0.5, 0.6) is 0 Å². The Hall–Kier alpha value is -3.25. The van der Waals surface area contributed by atoms with Gasteiger partial charge in [-0.05, 0) is 53.5 Å². The van der Waals surface area contributed by atoms with Gasteiger partial charge in [-0.25, -0.2) is 5.01 Å². The summed E-state index contributed by atoms with van der Waals surface area (Å²) in [5, 5.41) is 9.74. The Kier molecular flexibility index (Phi) is 6.28. The van der Waals surface area contributed by atoms with Crippen molar-refractivity contribution in [3.8, 4) is 0 Å². The monoisotopic (exact) mass is 434 g/mol. The zero-order valence-electron chi connectivity index (χ0n) is 17.2. The van der Waals surface area contributed by atoms with E-state index in [1.165, 1.54) is 6.92 Å². The Morgan fingerprint density at radius 2 is 1.87 bits per heavy atom. The summed E-state index contributed by atoms with van der Waals surface area (Å²) >= 11 is 5.97. The number of halogens is 1. The summed E-state index contributed by atoms with van der Waals surface area (Å²) in [6, 6.07) is 14.7. The van der Waals surface area contributed by atoms with Gasteiger partial charge in [-0.1, -0.05) is 35.9 Å². The van der Waals surface area contributed by atoms with Crippen LogP contribution in [-0.4, -0.2) is 35.3 Å². The van der Waals surface area contributed by atoms with E-state index in [-0.39, 0.29) is 24.3 Å². The van der Waals surface area contributed by atoms with Crippen molar-refractivity contribution in [3.63, 3.8) is 0 Å². The molecule has 0 saturated carbocycles. The molecule has 2 aromatic rings. The number of nitrogens with one attached hydrogen (secondary N) is 1. The maximum Gasteiger partial charge on any atom is 0.247 e. The molecular formula is C24H23ClN4O2. The van der Waals surface area contributed by atoms with Crippen molar-refractivity contribution in [2.75, 3.05) is 11.9 Å². The lowest BCUT2D eigenvalue weighted by molar-refractivity contribution is -0.132. The Balaban J connectivity index is 1.59. The van der Waals surface area contributed by atoms with Gasteiger partial charge >= 0.3 is 0 Å². The summed E-state index contributed by atoms with van der Waals surface area (Å²) in [5.74, 6) is -0.191. The Labute approximate surface area is 186 Å². The van der Waals surface area contributed by atoms with Gasteiger partial charge in [-0.15, -0.1) is 0 Å². The Bertz CT molecular complexity index is 1070. The van der Waals surface area contributed by atoms with Crippen LogP contribution < -0.4 is 5.32 Å². The smallest absolute Gasteiger partial charge is 0.247 e. The molecule has 158 valence electrons. The number of carbonyl (C=O) groups is 2. The van der Waals surface area contributed by atoms with E-state index in [1.807, 2.05) is 42.5 Å². The predicted molar refractivity (Wildman–Crippen MR) is 124 cm³/mol. The van der Waals surface area contributed by atoms with Crippen LogP contribution in [-0.2, 0) is 16.0 Å². The van der Waals surface area contributed by atoms with Gasteiger partial charge in [0.05, 0.1) is 18.2 Å². The maximum absolute atomic E-state index is 13.2. The van der Waals surface area contributed by atoms with Gasteiger partial charge in [0.15, 0.2) is 0 Å². The Morgan fingerprint density at radius 1 is 1.13 bits per heavy atom. The molecular weight excluding hydrogens is 412 g/mol. The molecule has 1 N–H and O–H groups in total. The fraction of sp³-hybridized carbons (Fsp3) is 0.250. The van der Waals surface area contributed by atoms with Gasteiger partial charge in [-0.3, -0.25) is 14.6 Å². The highest BCUT2D eigenvalue weighted by Crippen LogP contribution is 2.34. The van der Waals surface area contributed by atoms with E-state index in [9.17, 15) is 9.59 Å². The SMILES string of the molecule is CC(=O)Nc1ccc(C2CC(C3=CC=NCC3)=NN2C(=O)Cc2ccc(Cl)cc2)cc1. The first kappa shape index (κ1) is 21.0. The third kappa shape index (κ3) is 5.09. The minimum absolute atomic E-state index is 0.0710. The fourth-order valence-corrected chi connectivity index (χ4v) is 3.90. The summed E-state index contributed by atoms with van der Waals surface area (Å²) in [7, 11) is 0. The zero-order valence-corrected chi connectivity index (χ0v) is 18.0. The van der Waals surface area contributed by atoms with Gasteiger partial charge in [0, 0.05) is 36.8 Å². The molecule has 2 heterocycles. The van der Waals surface area contributed by atoms with E-state index in [1.54, 1.807) is 23.4 Å². The van der Waals surface area contributed by atoms with Crippen LogP contribution in [0, 0.1) is 0 Å². The number of amides is 2. The highest BCUT2D eigenvalue weighted by Gasteiger charge is 2.33. The first-order valence-electron chi connectivity index (χ1n) is 10.2. The minimum atomic E-state index is -0.194. The second kappa shape index (κ2) is 9.27. The Morgan fingerprint density at radius 3 is 2.52 bits per heavy atom. The number of rotatable bonds is 5. The lowest BCUT2D eigenvalue weighted by Gasteiger charge is -2.22. The van der Waals surface area contributed by atoms with Crippen molar-refractivity contribution in [1.82, 2.24) is 5.01 Å². The number of allylic oxidation sites excluding steroid dienone is 1. The number of carbonyl (C=O) groups excluding carboxylic acids is 2. The molecule has 0 bridgehead atoms. The molecule has 0 spiro atoms. The van der Waals surface area contributed by atoms with Crippen molar-refractivity contribution in [1.29, 1.82) is 0 Å². The average molecular weight is 435 g/mol. The first-order valence-corrected chi connectivity index (χ1v) is 10.6. The molecule has 0 saturated heterocycles. The molecule has 0 aliphatic carbocycles. The molecule has 6 nitrogen and oxygen atoms in total. The standard InChI is InChI=1S/C24H23ClN4O2/c1-16(30)27-21-8-4-19(5-9-21)23-15-22(18-10-12-26-13-11-18)28-29(23)24(31)14-17-2-6-20(25)7-3-17/h2-10,12,23H,11,13-15H2,1H3,(H,27,30). The van der Waals surface area contributed by atoms with Crippen LogP contribution >= 0.6 is 11.6 Å². The van der Waals surface area contributed by atoms with Crippen molar-refractivity contribution >= 4 is 41.0 Å². The second-order valence-electron chi connectivity index (χ2n) is 7.61. The van der Waals surface area contributed by atoms with Crippen LogP contribution in [0.25, 0.3) is 0 Å². The number of benzene rings is 2. The molecule has 2 aromatic carbocycles. The summed E-state index contributed by atoms with van der Waals surface area (Å²) in [6.07, 6.45) is 5.49. The molecule has 4 rings (SSSR count). The van der Waals surface area contributed by atoms with E-state index in [2.05, 4.69) is 10.3 Å². The molecule has 2 amide bonds. The van der Waals surface area contributed by atoms with E-state index < -0.39 is 0 Å². The maximum atomic E-state index is 13.2. The molecule has 1 unspecified atom stereocenters. The van der Waals surface area contributed by atoms with E-state index in [0.717, 1.165) is 41.1 Å². The lowest BCUT2D eigenvalue weighted by Crippen LogP contribution is -2.28. The molecule has 2 aliphatic rings. The topological polar surface area (TPSA) is 74.1 Å². The number of aliphatic imine (C=N–C) groups is 1. The van der Waals surface area contributed by atoms with Gasteiger partial charge in [0.2, 0.25) is 11.8 Å². The normalized spacial score (nSPS) is 17.9. The zero-order chi connectivity index (χ0) is 21.8. The van der Waals surface area contributed by atoms with Crippen LogP contribution in [0.3, 0.4) is 0 Å². The number of hydrogen-bond donors (Lipinski definition) is 1. The van der Waals surface area contributed by atoms with Gasteiger partial charge in [-0.2, -0.15) is 5.10 Å². The van der Waals surface area contributed by atoms with E-state index >= 15 is 0 Å². The van der Waals surface area contributed by atoms with Gasteiger partial charge in [0.25, 0.3) is 0 Å². The quantitative estimate of drug-likeness (QED) is 0.748. The molecule has 2 aliphatic heterocycles. The largest absolute Gasteiger partial charge is 0.326 e. The third-order valence-electron chi connectivity index (χ3n) is 5.31. The number of nitrogens with zero attached hydrogens (tertiary/aromatic N) is 3. The molecule has 1 atom stereocenters. The first-order chi connectivity index (χ1) is 15.0. The molecule has 0 aromatic heterocycles. The van der Waals surface area contributed by atoms with Crippen molar-refractivity contribution in [3.05, 3.63) is 76.3 Å². The van der Waals surface area contributed by atoms with Crippen molar-refractivity contribution in [2.45, 2.75) is 32.2 Å². The summed E-state index contributed by atoms with van der Waals surface area (Å²) in [5.41, 5.74) is 4.63. The number of hydrogen-bond acceptors (Lipinski definition) is 4. The molecule has 31 heavy (non-hydrogen) atoms.